The Morgan fingerprint density at radius 2 is 2.08 bits per heavy atom. The Balaban J connectivity index is 0.00000169. The van der Waals surface area contributed by atoms with Crippen LogP contribution < -0.4 is 10.6 Å². The van der Waals surface area contributed by atoms with Crippen LogP contribution in [0, 0.1) is 0 Å². The normalized spacial score (nSPS) is 22.2. The summed E-state index contributed by atoms with van der Waals surface area (Å²) < 4.78 is 6.25. The zero-order chi connectivity index (χ0) is 16.0. The van der Waals surface area contributed by atoms with E-state index in [0.29, 0.717) is 24.7 Å². The van der Waals surface area contributed by atoms with Crippen LogP contribution in [-0.2, 0) is 10.3 Å². The fraction of sp³-hybridized carbons (Fsp3) is 0.438. The molecule has 128 valence electrons. The lowest BCUT2D eigenvalue weighted by Crippen LogP contribution is -2.44. The first-order chi connectivity index (χ1) is 11.1. The number of nitrogens with two attached hydrogens (primary N) is 1. The summed E-state index contributed by atoms with van der Waals surface area (Å²) in [5.74, 6) is 0.529. The highest BCUT2D eigenvalue weighted by atomic mass is 79.9. The first-order valence-electron chi connectivity index (χ1n) is 7.77. The van der Waals surface area contributed by atoms with Crippen molar-refractivity contribution in [1.82, 2.24) is 10.1 Å². The second-order valence-corrected chi connectivity index (χ2v) is 7.10. The van der Waals surface area contributed by atoms with E-state index in [1.165, 1.54) is 0 Å². The highest BCUT2D eigenvalue weighted by Gasteiger charge is 2.42. The van der Waals surface area contributed by atoms with Gasteiger partial charge in [0.15, 0.2) is 5.82 Å². The van der Waals surface area contributed by atoms with Gasteiger partial charge in [0.1, 0.15) is 5.92 Å². The van der Waals surface area contributed by atoms with Crippen LogP contribution in [0.1, 0.15) is 43.3 Å². The van der Waals surface area contributed by atoms with Gasteiger partial charge < -0.3 is 15.2 Å². The average Bonchev–Trinajstić information content (AvgIpc) is 3.12. The van der Waals surface area contributed by atoms with Crippen LogP contribution in [0.3, 0.4) is 0 Å². The number of aromatic nitrogens is 2. The van der Waals surface area contributed by atoms with Crippen molar-refractivity contribution in [2.75, 3.05) is 11.4 Å². The molecule has 2 heterocycles. The molecule has 0 bridgehead atoms. The van der Waals surface area contributed by atoms with Crippen LogP contribution in [0.4, 0.5) is 5.69 Å². The topological polar surface area (TPSA) is 85.2 Å². The molecule has 6 nitrogen and oxygen atoms in total. The van der Waals surface area contributed by atoms with Crippen LogP contribution in [0.25, 0.3) is 0 Å². The molecule has 2 fully saturated rings. The van der Waals surface area contributed by atoms with Gasteiger partial charge in [0.2, 0.25) is 11.8 Å². The quantitative estimate of drug-likeness (QED) is 0.835. The van der Waals surface area contributed by atoms with Crippen molar-refractivity contribution < 1.29 is 9.32 Å². The van der Waals surface area contributed by atoms with Crippen molar-refractivity contribution in [3.05, 3.63) is 40.5 Å². The van der Waals surface area contributed by atoms with E-state index in [1.54, 1.807) is 4.90 Å². The Hall–Kier alpha value is -1.44. The summed E-state index contributed by atoms with van der Waals surface area (Å²) in [4.78, 5) is 18.9. The van der Waals surface area contributed by atoms with Crippen molar-refractivity contribution in [2.45, 2.75) is 37.1 Å². The predicted octanol–water partition coefficient (Wildman–Crippen LogP) is 3.11. The third kappa shape index (κ3) is 2.74. The number of amides is 1. The standard InChI is InChI=1S/C16H17BrN4O2.ClH/c17-11-4-1-2-5-12(11)21-9-6-10(14(21)22)13-19-15(20-23-13)16(18)7-3-8-16;/h1-2,4-5,10H,3,6-9,18H2;1H. The summed E-state index contributed by atoms with van der Waals surface area (Å²) in [6.45, 7) is 0.637. The maximum Gasteiger partial charge on any atom is 0.239 e. The van der Waals surface area contributed by atoms with Crippen molar-refractivity contribution in [3.8, 4) is 0 Å². The van der Waals surface area contributed by atoms with E-state index in [0.717, 1.165) is 29.4 Å². The summed E-state index contributed by atoms with van der Waals surface area (Å²) in [5, 5.41) is 4.01. The lowest BCUT2D eigenvalue weighted by molar-refractivity contribution is -0.118. The van der Waals surface area contributed by atoms with Gasteiger partial charge in [0, 0.05) is 11.0 Å². The molecule has 2 N–H and O–H groups in total. The number of nitrogens with zero attached hydrogens (tertiary/aromatic N) is 3. The SMILES string of the molecule is Cl.NC1(c2noc(C3CCN(c4ccccc4Br)C3=O)n2)CCC1. The zero-order valence-electron chi connectivity index (χ0n) is 12.9. The second-order valence-electron chi connectivity index (χ2n) is 6.25. The average molecular weight is 414 g/mol. The smallest absolute Gasteiger partial charge is 0.239 e. The van der Waals surface area contributed by atoms with Gasteiger partial charge in [-0.25, -0.2) is 0 Å². The summed E-state index contributed by atoms with van der Waals surface area (Å²) in [6.07, 6.45) is 3.49. The fourth-order valence-corrected chi connectivity index (χ4v) is 3.68. The number of carbonyl (C=O) groups is 1. The number of anilines is 1. The monoisotopic (exact) mass is 412 g/mol. The van der Waals surface area contributed by atoms with E-state index < -0.39 is 5.54 Å². The van der Waals surface area contributed by atoms with Crippen LogP contribution in [0.5, 0.6) is 0 Å². The van der Waals surface area contributed by atoms with Crippen molar-refractivity contribution in [1.29, 1.82) is 0 Å². The maximum absolute atomic E-state index is 12.7. The van der Waals surface area contributed by atoms with Gasteiger partial charge in [-0.15, -0.1) is 12.4 Å². The predicted molar refractivity (Wildman–Crippen MR) is 95.1 cm³/mol. The molecule has 24 heavy (non-hydrogen) atoms. The van der Waals surface area contributed by atoms with Gasteiger partial charge in [-0.2, -0.15) is 4.98 Å². The number of carbonyl (C=O) groups excluding carboxylic acids is 1. The molecule has 4 rings (SSSR count). The first-order valence-corrected chi connectivity index (χ1v) is 8.57. The number of hydrogen-bond acceptors (Lipinski definition) is 5. The molecule has 8 heteroatoms. The van der Waals surface area contributed by atoms with Gasteiger partial charge >= 0.3 is 0 Å². The number of para-hydroxylation sites is 1. The van der Waals surface area contributed by atoms with Gasteiger partial charge in [0.25, 0.3) is 0 Å². The molecule has 1 aliphatic carbocycles. The van der Waals surface area contributed by atoms with Gasteiger partial charge in [-0.1, -0.05) is 17.3 Å². The number of hydrogen-bond donors (Lipinski definition) is 1. The van der Waals surface area contributed by atoms with Crippen LogP contribution in [-0.4, -0.2) is 22.6 Å². The molecule has 0 radical (unpaired) electrons. The molecule has 2 aliphatic rings. The molecule has 1 amide bonds. The van der Waals surface area contributed by atoms with E-state index >= 15 is 0 Å². The number of halogens is 2. The Labute approximate surface area is 154 Å². The lowest BCUT2D eigenvalue weighted by Gasteiger charge is -2.34. The van der Waals surface area contributed by atoms with E-state index in [-0.39, 0.29) is 24.2 Å². The lowest BCUT2D eigenvalue weighted by atomic mass is 9.77. The summed E-state index contributed by atoms with van der Waals surface area (Å²) in [5.41, 5.74) is 6.63. The zero-order valence-corrected chi connectivity index (χ0v) is 15.3. The molecular weight excluding hydrogens is 396 g/mol. The highest BCUT2D eigenvalue weighted by Crippen LogP contribution is 2.39. The molecule has 1 saturated heterocycles. The van der Waals surface area contributed by atoms with Crippen LogP contribution >= 0.6 is 28.3 Å². The van der Waals surface area contributed by atoms with Crippen LogP contribution in [0.15, 0.2) is 33.3 Å². The molecule has 2 aromatic rings. The van der Waals surface area contributed by atoms with Crippen molar-refractivity contribution in [3.63, 3.8) is 0 Å². The van der Waals surface area contributed by atoms with Gasteiger partial charge in [-0.05, 0) is 53.7 Å². The Kier molecular flexibility index (Phi) is 4.68. The summed E-state index contributed by atoms with van der Waals surface area (Å²) in [6, 6.07) is 7.69. The maximum atomic E-state index is 12.7. The van der Waals surface area contributed by atoms with E-state index in [1.807, 2.05) is 24.3 Å². The minimum atomic E-state index is -0.467. The van der Waals surface area contributed by atoms with Gasteiger partial charge in [-0.3, -0.25) is 4.79 Å². The molecule has 1 aromatic carbocycles. The third-order valence-corrected chi connectivity index (χ3v) is 5.45. The number of benzene rings is 1. The van der Waals surface area contributed by atoms with Crippen LogP contribution in [0.2, 0.25) is 0 Å². The first kappa shape index (κ1) is 17.4. The summed E-state index contributed by atoms with van der Waals surface area (Å²) in [7, 11) is 0. The summed E-state index contributed by atoms with van der Waals surface area (Å²) >= 11 is 3.50. The van der Waals surface area contributed by atoms with E-state index in [4.69, 9.17) is 10.3 Å². The minimum Gasteiger partial charge on any atom is -0.338 e. The molecule has 1 atom stereocenters. The Bertz CT molecular complexity index is 762. The Morgan fingerprint density at radius 3 is 2.75 bits per heavy atom. The highest BCUT2D eigenvalue weighted by molar-refractivity contribution is 9.10. The van der Waals surface area contributed by atoms with E-state index in [2.05, 4.69) is 26.1 Å². The minimum absolute atomic E-state index is 0. The molecule has 1 unspecified atom stereocenters. The second kappa shape index (κ2) is 6.46. The molecule has 1 aliphatic heterocycles. The Morgan fingerprint density at radius 1 is 1.33 bits per heavy atom. The largest absolute Gasteiger partial charge is 0.338 e. The van der Waals surface area contributed by atoms with Gasteiger partial charge in [0.05, 0.1) is 11.2 Å². The number of rotatable bonds is 3. The van der Waals surface area contributed by atoms with Crippen molar-refractivity contribution >= 4 is 39.9 Å². The molecule has 0 spiro atoms. The molecular formula is C16H18BrClN4O2. The molecule has 1 saturated carbocycles. The third-order valence-electron chi connectivity index (χ3n) is 4.78. The molecule has 1 aromatic heterocycles. The van der Waals surface area contributed by atoms with Crippen molar-refractivity contribution in [2.24, 2.45) is 5.73 Å². The fourth-order valence-electron chi connectivity index (χ4n) is 3.18. The van der Waals surface area contributed by atoms with E-state index in [9.17, 15) is 4.79 Å².